The second-order valence-corrected chi connectivity index (χ2v) is 8.31. The molecular formula is C26H23ClN4O. The Morgan fingerprint density at radius 1 is 1.03 bits per heavy atom. The fourth-order valence-electron chi connectivity index (χ4n) is 4.17. The van der Waals surface area contributed by atoms with E-state index >= 15 is 0 Å². The zero-order valence-corrected chi connectivity index (χ0v) is 18.7. The molecule has 5 rings (SSSR count). The summed E-state index contributed by atoms with van der Waals surface area (Å²) in [6, 6.07) is 21.6. The number of nitrogens with one attached hydrogen (secondary N) is 2. The van der Waals surface area contributed by atoms with Crippen LogP contribution in [0.3, 0.4) is 0 Å². The van der Waals surface area contributed by atoms with Gasteiger partial charge in [-0.15, -0.1) is 0 Å². The van der Waals surface area contributed by atoms with E-state index in [0.717, 1.165) is 57.3 Å². The first kappa shape index (κ1) is 20.3. The van der Waals surface area contributed by atoms with E-state index < -0.39 is 0 Å². The number of H-pyrrole nitrogens is 1. The Morgan fingerprint density at radius 2 is 1.81 bits per heavy atom. The van der Waals surface area contributed by atoms with E-state index in [2.05, 4.69) is 28.1 Å². The lowest BCUT2D eigenvalue weighted by Crippen LogP contribution is -2.17. The van der Waals surface area contributed by atoms with Gasteiger partial charge >= 0.3 is 0 Å². The molecule has 2 aromatic heterocycles. The lowest BCUT2D eigenvalue weighted by Gasteiger charge is -2.14. The van der Waals surface area contributed by atoms with Gasteiger partial charge in [0.2, 0.25) is 0 Å². The fourth-order valence-corrected chi connectivity index (χ4v) is 4.30. The topological polar surface area (TPSA) is 62.7 Å². The third-order valence-corrected chi connectivity index (χ3v) is 5.94. The van der Waals surface area contributed by atoms with Gasteiger partial charge in [-0.2, -0.15) is 0 Å². The van der Waals surface area contributed by atoms with Crippen molar-refractivity contribution in [3.63, 3.8) is 0 Å². The summed E-state index contributed by atoms with van der Waals surface area (Å²) in [7, 11) is 0. The highest BCUT2D eigenvalue weighted by atomic mass is 35.5. The van der Waals surface area contributed by atoms with Gasteiger partial charge in [-0.3, -0.25) is 9.47 Å². The van der Waals surface area contributed by atoms with Crippen LogP contribution in [0.4, 0.5) is 0 Å². The van der Waals surface area contributed by atoms with Gasteiger partial charge in [0.1, 0.15) is 5.69 Å². The van der Waals surface area contributed by atoms with E-state index in [-0.39, 0.29) is 5.56 Å². The van der Waals surface area contributed by atoms with Gasteiger partial charge in [-0.05, 0) is 43.2 Å². The molecule has 0 spiro atoms. The Balaban J connectivity index is 1.90. The summed E-state index contributed by atoms with van der Waals surface area (Å²) in [5.74, 6) is 0. The number of rotatable bonds is 5. The number of halogens is 1. The molecule has 160 valence electrons. The molecule has 2 heterocycles. The number of aromatic nitrogens is 3. The van der Waals surface area contributed by atoms with Crippen molar-refractivity contribution in [3.8, 4) is 22.5 Å². The third-order valence-electron chi connectivity index (χ3n) is 5.69. The number of aryl methyl sites for hydroxylation is 1. The Bertz CT molecular complexity index is 1500. The van der Waals surface area contributed by atoms with Crippen molar-refractivity contribution in [3.05, 3.63) is 87.7 Å². The highest BCUT2D eigenvalue weighted by molar-refractivity contribution is 6.30. The number of fused-ring (bicyclic) bond motifs is 2. The van der Waals surface area contributed by atoms with E-state index in [1.165, 1.54) is 0 Å². The van der Waals surface area contributed by atoms with Crippen molar-refractivity contribution in [2.45, 2.75) is 20.3 Å². The molecular weight excluding hydrogens is 420 g/mol. The second kappa shape index (κ2) is 8.17. The summed E-state index contributed by atoms with van der Waals surface area (Å²) < 4.78 is 2.07. The molecule has 5 aromatic rings. The average Bonchev–Trinajstić information content (AvgIpc) is 3.12. The molecule has 0 radical (unpaired) electrons. The normalized spacial score (nSPS) is 11.3. The minimum Gasteiger partial charge on any atom is -0.325 e. The summed E-state index contributed by atoms with van der Waals surface area (Å²) in [5.41, 5.74) is 9.87. The number of hydrogen-bond donors (Lipinski definition) is 2. The molecule has 0 atom stereocenters. The molecule has 6 heteroatoms. The fraction of sp³-hybridized carbons (Fsp3) is 0.154. The summed E-state index contributed by atoms with van der Waals surface area (Å²) >= 11 is 6.17. The molecule has 0 aliphatic rings. The van der Waals surface area contributed by atoms with E-state index in [9.17, 15) is 4.79 Å². The van der Waals surface area contributed by atoms with Crippen LogP contribution in [-0.2, 0) is 0 Å². The van der Waals surface area contributed by atoms with Gasteiger partial charge in [0.15, 0.2) is 0 Å². The Hall–Kier alpha value is -3.57. The molecule has 0 saturated heterocycles. The van der Waals surface area contributed by atoms with Crippen LogP contribution in [0.15, 0.2) is 71.5 Å². The largest absolute Gasteiger partial charge is 0.325 e. The molecule has 0 saturated carbocycles. The van der Waals surface area contributed by atoms with E-state index in [1.807, 2.05) is 67.6 Å². The summed E-state index contributed by atoms with van der Waals surface area (Å²) in [4.78, 5) is 21.2. The first-order valence-corrected chi connectivity index (χ1v) is 11.1. The van der Waals surface area contributed by atoms with Gasteiger partial charge in [0, 0.05) is 28.1 Å². The Kier molecular flexibility index (Phi) is 5.19. The van der Waals surface area contributed by atoms with Crippen LogP contribution in [0.1, 0.15) is 18.9 Å². The third kappa shape index (κ3) is 3.35. The van der Waals surface area contributed by atoms with Crippen molar-refractivity contribution in [2.24, 2.45) is 0 Å². The standard InChI is InChI=1S/C26H23ClN4O/c1-3-15-28-31-21-10-5-4-8-19(21)22(25(31)17-11-13-18(27)14-12-17)24-26(32)30-23-16(2)7-6-9-20(23)29-24/h4-14,28H,3,15H2,1-2H3,(H,30,32). The number of benzene rings is 3. The highest BCUT2D eigenvalue weighted by Gasteiger charge is 2.23. The lowest BCUT2D eigenvalue weighted by atomic mass is 10.0. The monoisotopic (exact) mass is 442 g/mol. The molecule has 0 aliphatic carbocycles. The van der Waals surface area contributed by atoms with Crippen LogP contribution in [0.2, 0.25) is 5.02 Å². The molecule has 32 heavy (non-hydrogen) atoms. The minimum absolute atomic E-state index is 0.208. The van der Waals surface area contributed by atoms with Crippen molar-refractivity contribution < 1.29 is 0 Å². The lowest BCUT2D eigenvalue weighted by molar-refractivity contribution is 0.837. The quantitative estimate of drug-likeness (QED) is 0.344. The Morgan fingerprint density at radius 3 is 2.59 bits per heavy atom. The van der Waals surface area contributed by atoms with Crippen molar-refractivity contribution in [1.82, 2.24) is 14.6 Å². The summed E-state index contributed by atoms with van der Waals surface area (Å²) in [6.45, 7) is 4.89. The zero-order valence-electron chi connectivity index (χ0n) is 17.9. The number of para-hydroxylation sites is 2. The summed E-state index contributed by atoms with van der Waals surface area (Å²) in [6.07, 6.45) is 0.968. The van der Waals surface area contributed by atoms with Crippen LogP contribution >= 0.6 is 11.6 Å². The molecule has 2 N–H and O–H groups in total. The molecule has 3 aromatic carbocycles. The van der Waals surface area contributed by atoms with E-state index in [0.29, 0.717) is 10.7 Å². The van der Waals surface area contributed by atoms with Crippen LogP contribution in [0, 0.1) is 6.92 Å². The van der Waals surface area contributed by atoms with Crippen LogP contribution in [0.5, 0.6) is 0 Å². The van der Waals surface area contributed by atoms with Gasteiger partial charge in [0.05, 0.1) is 22.2 Å². The SMILES string of the molecule is CCCNn1c(-c2ccc(Cl)cc2)c(-c2nc3cccc(C)c3[nH]c2=O)c2ccccc21. The molecule has 5 nitrogen and oxygen atoms in total. The van der Waals surface area contributed by atoms with Gasteiger partial charge in [-0.25, -0.2) is 4.98 Å². The van der Waals surface area contributed by atoms with E-state index in [1.54, 1.807) is 0 Å². The van der Waals surface area contributed by atoms with Crippen LogP contribution in [-0.4, -0.2) is 21.2 Å². The number of nitrogens with zero attached hydrogens (tertiary/aromatic N) is 2. The summed E-state index contributed by atoms with van der Waals surface area (Å²) in [5, 5.41) is 1.63. The average molecular weight is 443 g/mol. The predicted octanol–water partition coefficient (Wildman–Crippen LogP) is 6.13. The van der Waals surface area contributed by atoms with Crippen LogP contribution in [0.25, 0.3) is 44.5 Å². The highest BCUT2D eigenvalue weighted by Crippen LogP contribution is 2.39. The second-order valence-electron chi connectivity index (χ2n) is 7.87. The minimum atomic E-state index is -0.208. The maximum atomic E-state index is 13.3. The number of hydrogen-bond acceptors (Lipinski definition) is 3. The van der Waals surface area contributed by atoms with Gasteiger partial charge in [0.25, 0.3) is 5.56 Å². The first-order chi connectivity index (χ1) is 15.6. The maximum Gasteiger partial charge on any atom is 0.275 e. The molecule has 0 amide bonds. The van der Waals surface area contributed by atoms with Gasteiger partial charge in [-0.1, -0.05) is 61.0 Å². The zero-order chi connectivity index (χ0) is 22.2. The van der Waals surface area contributed by atoms with Gasteiger partial charge < -0.3 is 10.4 Å². The van der Waals surface area contributed by atoms with Crippen molar-refractivity contribution >= 4 is 33.5 Å². The molecule has 0 bridgehead atoms. The van der Waals surface area contributed by atoms with E-state index in [4.69, 9.17) is 16.6 Å². The predicted molar refractivity (Wildman–Crippen MR) is 133 cm³/mol. The Labute approximate surface area is 190 Å². The maximum absolute atomic E-state index is 13.3. The first-order valence-electron chi connectivity index (χ1n) is 10.7. The van der Waals surface area contributed by atoms with Crippen LogP contribution < -0.4 is 11.0 Å². The molecule has 0 unspecified atom stereocenters. The smallest absolute Gasteiger partial charge is 0.275 e. The number of aromatic amines is 1. The van der Waals surface area contributed by atoms with Crippen molar-refractivity contribution in [1.29, 1.82) is 0 Å². The van der Waals surface area contributed by atoms with Crippen molar-refractivity contribution in [2.75, 3.05) is 12.0 Å². The molecule has 0 fully saturated rings. The molecule has 0 aliphatic heterocycles.